The topological polar surface area (TPSA) is 20.2 Å². The van der Waals surface area contributed by atoms with Crippen molar-refractivity contribution in [3.05, 3.63) is 73.1 Å². The van der Waals surface area contributed by atoms with E-state index in [0.29, 0.717) is 6.42 Å². The standard InChI is InChI=1S/C21H32O/c1-3-4-5-6-7-8-9-10-11-12-13-14-15-16-17-18-19-20-21(2)22/h4-5,7-8,10-11,13-14,16-17,22H,2-3,6,9,12,15,18-20H2,1H3/b5-4-,8-7-,11-10-,14-13-,17-16-. The molecule has 0 aliphatic heterocycles. The van der Waals surface area contributed by atoms with E-state index in [2.05, 4.69) is 74.3 Å². The average Bonchev–Trinajstić information content (AvgIpc) is 2.50. The highest BCUT2D eigenvalue weighted by Gasteiger charge is 1.86. The van der Waals surface area contributed by atoms with E-state index in [1.807, 2.05) is 0 Å². The molecule has 0 radical (unpaired) electrons. The molecule has 0 atom stereocenters. The summed E-state index contributed by atoms with van der Waals surface area (Å²) in [5.41, 5.74) is 0. The van der Waals surface area contributed by atoms with Crippen molar-refractivity contribution in [2.24, 2.45) is 0 Å². The number of allylic oxidation sites excluding steroid dienone is 11. The molecule has 1 N–H and O–H groups in total. The van der Waals surface area contributed by atoms with Crippen LogP contribution in [0.5, 0.6) is 0 Å². The lowest BCUT2D eigenvalue weighted by Gasteiger charge is -1.93. The van der Waals surface area contributed by atoms with Crippen LogP contribution in [0.15, 0.2) is 73.1 Å². The van der Waals surface area contributed by atoms with Crippen LogP contribution >= 0.6 is 0 Å². The van der Waals surface area contributed by atoms with Crippen LogP contribution in [0.1, 0.15) is 58.3 Å². The van der Waals surface area contributed by atoms with Gasteiger partial charge in [0, 0.05) is 6.42 Å². The lowest BCUT2D eigenvalue weighted by Crippen LogP contribution is -1.77. The van der Waals surface area contributed by atoms with Crippen LogP contribution in [0.2, 0.25) is 0 Å². The van der Waals surface area contributed by atoms with Gasteiger partial charge in [0.1, 0.15) is 0 Å². The molecule has 0 heterocycles. The predicted octanol–water partition coefficient (Wildman–Crippen LogP) is 6.98. The summed E-state index contributed by atoms with van der Waals surface area (Å²) in [5, 5.41) is 8.93. The third-order valence-corrected chi connectivity index (χ3v) is 2.99. The molecular formula is C21H32O. The molecule has 0 fully saturated rings. The van der Waals surface area contributed by atoms with Gasteiger partial charge in [-0.2, -0.15) is 0 Å². The van der Waals surface area contributed by atoms with Gasteiger partial charge in [-0.05, 0) is 44.9 Å². The SMILES string of the molecule is C=C(O)CCC/C=C\C/C=C\C/C=C\C/C=C\C/C=C\CC. The molecule has 0 aliphatic rings. The van der Waals surface area contributed by atoms with Gasteiger partial charge in [-0.15, -0.1) is 0 Å². The third-order valence-electron chi connectivity index (χ3n) is 2.99. The monoisotopic (exact) mass is 300 g/mol. The Kier molecular flexibility index (Phi) is 15.9. The molecule has 0 rings (SSSR count). The zero-order valence-corrected chi connectivity index (χ0v) is 14.1. The van der Waals surface area contributed by atoms with E-state index in [-0.39, 0.29) is 5.76 Å². The Morgan fingerprint density at radius 2 is 1.14 bits per heavy atom. The van der Waals surface area contributed by atoms with Crippen molar-refractivity contribution in [3.8, 4) is 0 Å². The maximum Gasteiger partial charge on any atom is 0.0851 e. The van der Waals surface area contributed by atoms with E-state index in [1.165, 1.54) is 0 Å². The molecular weight excluding hydrogens is 268 g/mol. The fourth-order valence-electron chi connectivity index (χ4n) is 1.79. The van der Waals surface area contributed by atoms with Gasteiger partial charge in [0.05, 0.1) is 5.76 Å². The predicted molar refractivity (Wildman–Crippen MR) is 100 cm³/mol. The zero-order chi connectivity index (χ0) is 16.3. The van der Waals surface area contributed by atoms with E-state index in [9.17, 15) is 0 Å². The van der Waals surface area contributed by atoms with E-state index >= 15 is 0 Å². The minimum Gasteiger partial charge on any atom is -0.513 e. The summed E-state index contributed by atoms with van der Waals surface area (Å²) in [6.07, 6.45) is 29.8. The Bertz CT molecular complexity index is 394. The van der Waals surface area contributed by atoms with Gasteiger partial charge in [0.2, 0.25) is 0 Å². The summed E-state index contributed by atoms with van der Waals surface area (Å²) >= 11 is 0. The van der Waals surface area contributed by atoms with Crippen molar-refractivity contribution < 1.29 is 5.11 Å². The third kappa shape index (κ3) is 18.2. The van der Waals surface area contributed by atoms with Crippen LogP contribution in [0.4, 0.5) is 0 Å². The summed E-state index contributed by atoms with van der Waals surface area (Å²) in [6, 6.07) is 0. The summed E-state index contributed by atoms with van der Waals surface area (Å²) in [6.45, 7) is 5.63. The molecule has 122 valence electrons. The van der Waals surface area contributed by atoms with Gasteiger partial charge in [-0.1, -0.05) is 74.3 Å². The fraction of sp³-hybridized carbons (Fsp3) is 0.429. The quantitative estimate of drug-likeness (QED) is 0.221. The van der Waals surface area contributed by atoms with Crippen LogP contribution in [0, 0.1) is 0 Å². The van der Waals surface area contributed by atoms with Gasteiger partial charge in [0.25, 0.3) is 0 Å². The van der Waals surface area contributed by atoms with Crippen LogP contribution in [0.25, 0.3) is 0 Å². The molecule has 0 aromatic heterocycles. The molecule has 0 aromatic carbocycles. The van der Waals surface area contributed by atoms with Gasteiger partial charge >= 0.3 is 0 Å². The molecule has 0 spiro atoms. The molecule has 0 saturated carbocycles. The molecule has 1 nitrogen and oxygen atoms in total. The highest BCUT2D eigenvalue weighted by Crippen LogP contribution is 2.03. The molecule has 0 bridgehead atoms. The minimum absolute atomic E-state index is 0.285. The van der Waals surface area contributed by atoms with E-state index in [1.54, 1.807) is 0 Å². The molecule has 1 heteroatoms. The molecule has 0 aromatic rings. The number of hydrogen-bond acceptors (Lipinski definition) is 1. The summed E-state index contributed by atoms with van der Waals surface area (Å²) < 4.78 is 0. The van der Waals surface area contributed by atoms with Crippen molar-refractivity contribution in [2.75, 3.05) is 0 Å². The number of aliphatic hydroxyl groups excluding tert-OH is 1. The number of hydrogen-bond donors (Lipinski definition) is 1. The maximum atomic E-state index is 8.93. The number of rotatable bonds is 13. The van der Waals surface area contributed by atoms with Crippen molar-refractivity contribution >= 4 is 0 Å². The lowest BCUT2D eigenvalue weighted by atomic mass is 10.2. The first-order chi connectivity index (χ1) is 10.8. The Morgan fingerprint density at radius 1 is 0.727 bits per heavy atom. The van der Waals surface area contributed by atoms with E-state index in [0.717, 1.165) is 44.9 Å². The minimum atomic E-state index is 0.285. The fourth-order valence-corrected chi connectivity index (χ4v) is 1.79. The van der Waals surface area contributed by atoms with E-state index in [4.69, 9.17) is 5.11 Å². The largest absolute Gasteiger partial charge is 0.513 e. The smallest absolute Gasteiger partial charge is 0.0851 e. The number of aliphatic hydroxyl groups is 1. The van der Waals surface area contributed by atoms with Crippen LogP contribution in [-0.2, 0) is 0 Å². The Hall–Kier alpha value is -1.76. The van der Waals surface area contributed by atoms with Crippen LogP contribution in [0.3, 0.4) is 0 Å². The second kappa shape index (κ2) is 17.3. The average molecular weight is 300 g/mol. The Labute approximate surface area is 137 Å². The number of unbranched alkanes of at least 4 members (excludes halogenated alkanes) is 1. The zero-order valence-electron chi connectivity index (χ0n) is 14.1. The van der Waals surface area contributed by atoms with Crippen molar-refractivity contribution in [1.29, 1.82) is 0 Å². The summed E-state index contributed by atoms with van der Waals surface area (Å²) in [5.74, 6) is 0.285. The van der Waals surface area contributed by atoms with Gasteiger partial charge in [-0.25, -0.2) is 0 Å². The van der Waals surface area contributed by atoms with Crippen molar-refractivity contribution in [3.63, 3.8) is 0 Å². The highest BCUT2D eigenvalue weighted by molar-refractivity contribution is 5.00. The normalized spacial score (nSPS) is 12.8. The Balaban J connectivity index is 3.46. The summed E-state index contributed by atoms with van der Waals surface area (Å²) in [7, 11) is 0. The Morgan fingerprint density at radius 3 is 1.55 bits per heavy atom. The molecule has 0 saturated heterocycles. The molecule has 0 unspecified atom stereocenters. The highest BCUT2D eigenvalue weighted by atomic mass is 16.3. The maximum absolute atomic E-state index is 8.93. The van der Waals surface area contributed by atoms with Crippen LogP contribution < -0.4 is 0 Å². The first-order valence-electron chi connectivity index (χ1n) is 8.39. The van der Waals surface area contributed by atoms with Gasteiger partial charge in [-0.3, -0.25) is 0 Å². The summed E-state index contributed by atoms with van der Waals surface area (Å²) in [4.78, 5) is 0. The molecule has 0 aliphatic carbocycles. The molecule has 22 heavy (non-hydrogen) atoms. The first-order valence-corrected chi connectivity index (χ1v) is 8.39. The molecule has 0 amide bonds. The first kappa shape index (κ1) is 20.2. The van der Waals surface area contributed by atoms with Gasteiger partial charge in [0.15, 0.2) is 0 Å². The van der Waals surface area contributed by atoms with Crippen molar-refractivity contribution in [2.45, 2.75) is 58.3 Å². The lowest BCUT2D eigenvalue weighted by molar-refractivity contribution is 0.387. The second-order valence-electron chi connectivity index (χ2n) is 5.17. The van der Waals surface area contributed by atoms with Crippen molar-refractivity contribution in [1.82, 2.24) is 0 Å². The van der Waals surface area contributed by atoms with E-state index < -0.39 is 0 Å². The second-order valence-corrected chi connectivity index (χ2v) is 5.17. The van der Waals surface area contributed by atoms with Crippen LogP contribution in [-0.4, -0.2) is 5.11 Å². The van der Waals surface area contributed by atoms with Gasteiger partial charge < -0.3 is 5.11 Å².